The van der Waals surface area contributed by atoms with Gasteiger partial charge in [-0.15, -0.1) is 5.10 Å². The Morgan fingerprint density at radius 2 is 2.07 bits per heavy atom. The number of halogens is 4. The smallest absolute Gasteiger partial charge is 0.235 e. The minimum atomic E-state index is -4.27. The number of fused-ring (bicyclic) bond motifs is 1. The quantitative estimate of drug-likeness (QED) is 0.754. The van der Waals surface area contributed by atoms with Crippen LogP contribution < -0.4 is 0 Å². The third-order valence-corrected chi connectivity index (χ3v) is 2.48. The Labute approximate surface area is 96.4 Å². The lowest BCUT2D eigenvalue weighted by molar-refractivity contribution is -0.142. The number of rotatable bonds is 1. The van der Waals surface area contributed by atoms with E-state index in [1.807, 2.05) is 0 Å². The molecule has 0 amide bonds. The van der Waals surface area contributed by atoms with Crippen LogP contribution in [0.2, 0.25) is 0 Å². The minimum absolute atomic E-state index is 0.396. The Bertz CT molecular complexity index is 491. The number of hydrogen-bond donors (Lipinski definition) is 0. The molecule has 2 rings (SSSR count). The molecule has 0 radical (unpaired) electrons. The van der Waals surface area contributed by atoms with Crippen LogP contribution in [0.5, 0.6) is 0 Å². The van der Waals surface area contributed by atoms with Crippen molar-refractivity contribution in [1.29, 1.82) is 0 Å². The predicted molar refractivity (Wildman–Crippen MR) is 56.3 cm³/mol. The molecule has 0 fully saturated rings. The normalized spacial score (nSPS) is 12.3. The molecule has 0 atom stereocenters. The van der Waals surface area contributed by atoms with Gasteiger partial charge in [0, 0.05) is 3.57 Å². The lowest BCUT2D eigenvalue weighted by Crippen LogP contribution is -2.18. The van der Waals surface area contributed by atoms with Gasteiger partial charge in [-0.2, -0.15) is 13.2 Å². The van der Waals surface area contributed by atoms with Crippen LogP contribution in [0.4, 0.5) is 13.2 Å². The largest absolute Gasteiger partial charge is 0.408 e. The summed E-state index contributed by atoms with van der Waals surface area (Å²) in [5, 5.41) is 7.14. The maximum atomic E-state index is 12.1. The van der Waals surface area contributed by atoms with E-state index < -0.39 is 12.7 Å². The molecule has 0 N–H and O–H groups in total. The van der Waals surface area contributed by atoms with Crippen molar-refractivity contribution >= 4 is 33.6 Å². The zero-order valence-electron chi connectivity index (χ0n) is 7.29. The highest BCUT2D eigenvalue weighted by Crippen LogP contribution is 2.21. The van der Waals surface area contributed by atoms with E-state index >= 15 is 0 Å². The van der Waals surface area contributed by atoms with Crippen LogP contribution in [0, 0.1) is 3.57 Å². The van der Waals surface area contributed by atoms with Crippen molar-refractivity contribution in [3.8, 4) is 0 Å². The maximum absolute atomic E-state index is 12.1. The fraction of sp³-hybridized carbons (Fsp3) is 0.250. The van der Waals surface area contributed by atoms with E-state index in [9.17, 15) is 13.2 Å². The number of aromatic nitrogens is 3. The van der Waals surface area contributed by atoms with E-state index in [2.05, 4.69) is 32.9 Å². The van der Waals surface area contributed by atoms with Crippen LogP contribution in [0.3, 0.4) is 0 Å². The highest BCUT2D eigenvalue weighted by atomic mass is 127. The number of hydrogen-bond acceptors (Lipinski definition) is 2. The number of benzene rings is 1. The first kappa shape index (κ1) is 10.7. The van der Waals surface area contributed by atoms with Gasteiger partial charge in [-0.3, -0.25) is 0 Å². The fourth-order valence-corrected chi connectivity index (χ4v) is 1.71. The summed E-state index contributed by atoms with van der Waals surface area (Å²) in [5.41, 5.74) is 0.874. The van der Waals surface area contributed by atoms with E-state index in [1.54, 1.807) is 18.2 Å². The molecule has 0 aliphatic carbocycles. The zero-order chi connectivity index (χ0) is 11.1. The van der Waals surface area contributed by atoms with Crippen molar-refractivity contribution in [3.05, 3.63) is 21.8 Å². The lowest BCUT2D eigenvalue weighted by atomic mass is 10.3. The van der Waals surface area contributed by atoms with Crippen molar-refractivity contribution in [1.82, 2.24) is 15.0 Å². The molecule has 1 aromatic carbocycles. The van der Waals surface area contributed by atoms with Gasteiger partial charge in [0.15, 0.2) is 0 Å². The highest BCUT2D eigenvalue weighted by Gasteiger charge is 2.29. The average Bonchev–Trinajstić information content (AvgIpc) is 2.45. The molecular formula is C8H5F3IN3. The Morgan fingerprint density at radius 1 is 1.33 bits per heavy atom. The topological polar surface area (TPSA) is 30.7 Å². The Morgan fingerprint density at radius 3 is 2.73 bits per heavy atom. The summed E-state index contributed by atoms with van der Waals surface area (Å²) < 4.78 is 38.2. The molecule has 0 spiro atoms. The first-order valence-electron chi connectivity index (χ1n) is 4.01. The molecule has 1 heterocycles. The molecule has 0 bridgehead atoms. The molecule has 0 saturated carbocycles. The van der Waals surface area contributed by atoms with Crippen LogP contribution in [0.25, 0.3) is 11.0 Å². The maximum Gasteiger partial charge on any atom is 0.408 e. The van der Waals surface area contributed by atoms with Crippen molar-refractivity contribution in [2.75, 3.05) is 0 Å². The molecule has 15 heavy (non-hydrogen) atoms. The fourth-order valence-electron chi connectivity index (χ4n) is 1.23. The van der Waals surface area contributed by atoms with Crippen LogP contribution in [0.15, 0.2) is 18.2 Å². The summed E-state index contributed by atoms with van der Waals surface area (Å²) in [6.07, 6.45) is -4.27. The first-order chi connectivity index (χ1) is 6.96. The molecule has 0 saturated heterocycles. The van der Waals surface area contributed by atoms with Gasteiger partial charge in [-0.1, -0.05) is 5.21 Å². The molecule has 80 valence electrons. The molecule has 3 nitrogen and oxygen atoms in total. The van der Waals surface area contributed by atoms with Gasteiger partial charge in [-0.25, -0.2) is 4.68 Å². The second-order valence-corrected chi connectivity index (χ2v) is 4.24. The van der Waals surface area contributed by atoms with Gasteiger partial charge in [0.2, 0.25) is 0 Å². The monoisotopic (exact) mass is 327 g/mol. The van der Waals surface area contributed by atoms with E-state index in [0.717, 1.165) is 8.25 Å². The summed E-state index contributed by atoms with van der Waals surface area (Å²) in [7, 11) is 0. The van der Waals surface area contributed by atoms with Gasteiger partial charge in [-0.05, 0) is 40.8 Å². The first-order valence-corrected chi connectivity index (χ1v) is 5.09. The lowest BCUT2D eigenvalue weighted by Gasteiger charge is -2.05. The summed E-state index contributed by atoms with van der Waals surface area (Å²) in [6, 6.07) is 5.00. The summed E-state index contributed by atoms with van der Waals surface area (Å²) in [5.74, 6) is 0. The Hall–Kier alpha value is -0.860. The van der Waals surface area contributed by atoms with Crippen LogP contribution in [0.1, 0.15) is 0 Å². The molecule has 0 unspecified atom stereocenters. The van der Waals surface area contributed by atoms with Crippen LogP contribution >= 0.6 is 22.6 Å². The Kier molecular flexibility index (Phi) is 2.57. The number of alkyl halides is 3. The van der Waals surface area contributed by atoms with Crippen molar-refractivity contribution in [3.63, 3.8) is 0 Å². The molecule has 0 aliphatic rings. The standard InChI is InChI=1S/C8H5F3IN3/c9-8(10,11)4-15-7-2-1-5(12)3-6(7)13-14-15/h1-3H,4H2. The summed E-state index contributed by atoms with van der Waals surface area (Å²) >= 11 is 2.07. The molecule has 0 aliphatic heterocycles. The average molecular weight is 327 g/mol. The van der Waals surface area contributed by atoms with E-state index in [4.69, 9.17) is 0 Å². The van der Waals surface area contributed by atoms with Crippen LogP contribution in [-0.4, -0.2) is 21.2 Å². The van der Waals surface area contributed by atoms with Crippen molar-refractivity contribution in [2.24, 2.45) is 0 Å². The second-order valence-electron chi connectivity index (χ2n) is 3.00. The highest BCUT2D eigenvalue weighted by molar-refractivity contribution is 14.1. The summed E-state index contributed by atoms with van der Waals surface area (Å²) in [4.78, 5) is 0. The third-order valence-electron chi connectivity index (χ3n) is 1.81. The third kappa shape index (κ3) is 2.39. The Balaban J connectivity index is 2.45. The SMILES string of the molecule is FC(F)(F)Cn1nnc2cc(I)ccc21. The molecular weight excluding hydrogens is 322 g/mol. The second kappa shape index (κ2) is 3.62. The zero-order valence-corrected chi connectivity index (χ0v) is 9.45. The molecule has 1 aromatic heterocycles. The van der Waals surface area contributed by atoms with Gasteiger partial charge in [0.25, 0.3) is 0 Å². The van der Waals surface area contributed by atoms with Crippen molar-refractivity contribution in [2.45, 2.75) is 12.7 Å². The van der Waals surface area contributed by atoms with Gasteiger partial charge in [0.1, 0.15) is 12.1 Å². The minimum Gasteiger partial charge on any atom is -0.235 e. The molecule has 7 heteroatoms. The molecule has 2 aromatic rings. The van der Waals surface area contributed by atoms with E-state index in [0.29, 0.717) is 11.0 Å². The van der Waals surface area contributed by atoms with Gasteiger partial charge in [0.05, 0.1) is 5.52 Å². The number of nitrogens with zero attached hydrogens (tertiary/aromatic N) is 3. The predicted octanol–water partition coefficient (Wildman–Crippen LogP) is 2.60. The summed E-state index contributed by atoms with van der Waals surface area (Å²) in [6.45, 7) is -1.11. The van der Waals surface area contributed by atoms with E-state index in [1.165, 1.54) is 0 Å². The van der Waals surface area contributed by atoms with E-state index in [-0.39, 0.29) is 0 Å². The van der Waals surface area contributed by atoms with Crippen molar-refractivity contribution < 1.29 is 13.2 Å². The van der Waals surface area contributed by atoms with Crippen LogP contribution in [-0.2, 0) is 6.54 Å². The van der Waals surface area contributed by atoms with Gasteiger partial charge >= 0.3 is 6.18 Å². The van der Waals surface area contributed by atoms with Gasteiger partial charge < -0.3 is 0 Å².